The van der Waals surface area contributed by atoms with Gasteiger partial charge in [-0.1, -0.05) is 35.0 Å². The lowest BCUT2D eigenvalue weighted by Gasteiger charge is -2.34. The van der Waals surface area contributed by atoms with E-state index in [4.69, 9.17) is 20.9 Å². The van der Waals surface area contributed by atoms with Gasteiger partial charge in [0.25, 0.3) is 5.91 Å². The Hall–Kier alpha value is -2.45. The molecule has 2 atom stereocenters. The number of carbonyl (C=O) groups excluding carboxylic acids is 2. The Kier molecular flexibility index (Phi) is 5.32. The molecule has 1 aliphatic heterocycles. The van der Waals surface area contributed by atoms with Crippen LogP contribution in [0.1, 0.15) is 42.1 Å². The first kappa shape index (κ1) is 18.9. The van der Waals surface area contributed by atoms with Gasteiger partial charge >= 0.3 is 0 Å². The van der Waals surface area contributed by atoms with Crippen LogP contribution in [0.3, 0.4) is 0 Å². The van der Waals surface area contributed by atoms with Crippen LogP contribution in [0.15, 0.2) is 28.8 Å². The minimum atomic E-state index is -0.852. The Morgan fingerprint density at radius 2 is 2.14 bits per heavy atom. The Balaban J connectivity index is 1.43. The maximum absolute atomic E-state index is 13.0. The number of ether oxygens (including phenoxy) is 1. The lowest BCUT2D eigenvalue weighted by molar-refractivity contribution is -0.154. The standard InChI is InChI=1S/C19H21ClN4O4/c1-24(9-8-14-21-18(28-23-14)11-6-7-11)19(26)17-16(22-15(25)10-27-17)12-4-2-3-5-13(12)20/h2-5,11,16-17H,6-10H2,1H3,(H,22,25)/t16-,17+/m1/s1. The molecule has 0 bridgehead atoms. The fraction of sp³-hybridized carbons (Fsp3) is 0.474. The predicted molar refractivity (Wildman–Crippen MR) is 99.7 cm³/mol. The van der Waals surface area contributed by atoms with E-state index in [0.29, 0.717) is 41.2 Å². The quantitative estimate of drug-likeness (QED) is 0.789. The molecule has 28 heavy (non-hydrogen) atoms. The molecule has 1 saturated carbocycles. The molecule has 4 rings (SSSR count). The summed E-state index contributed by atoms with van der Waals surface area (Å²) in [5.41, 5.74) is 0.649. The van der Waals surface area contributed by atoms with E-state index in [9.17, 15) is 9.59 Å². The lowest BCUT2D eigenvalue weighted by Crippen LogP contribution is -2.53. The van der Waals surface area contributed by atoms with Crippen molar-refractivity contribution in [2.45, 2.75) is 37.3 Å². The molecule has 1 aromatic heterocycles. The molecule has 1 N–H and O–H groups in total. The summed E-state index contributed by atoms with van der Waals surface area (Å²) in [6.07, 6.45) is 1.81. The molecular formula is C19H21ClN4O4. The minimum Gasteiger partial charge on any atom is -0.356 e. The van der Waals surface area contributed by atoms with Gasteiger partial charge in [-0.05, 0) is 24.5 Å². The number of halogens is 1. The highest BCUT2D eigenvalue weighted by Crippen LogP contribution is 2.38. The number of benzene rings is 1. The number of hydrogen-bond acceptors (Lipinski definition) is 6. The Morgan fingerprint density at radius 3 is 2.89 bits per heavy atom. The van der Waals surface area contributed by atoms with Crippen LogP contribution in [-0.2, 0) is 20.7 Å². The summed E-state index contributed by atoms with van der Waals surface area (Å²) >= 11 is 6.27. The van der Waals surface area contributed by atoms with Gasteiger partial charge in [-0.2, -0.15) is 4.98 Å². The van der Waals surface area contributed by atoms with Gasteiger partial charge in [-0.25, -0.2) is 0 Å². The number of aromatic nitrogens is 2. The van der Waals surface area contributed by atoms with E-state index in [0.717, 1.165) is 12.8 Å². The molecule has 8 nitrogen and oxygen atoms in total. The third-order valence-electron chi connectivity index (χ3n) is 4.95. The third-order valence-corrected chi connectivity index (χ3v) is 5.30. The smallest absolute Gasteiger partial charge is 0.253 e. The van der Waals surface area contributed by atoms with E-state index in [-0.39, 0.29) is 18.4 Å². The Bertz CT molecular complexity index is 882. The van der Waals surface area contributed by atoms with Crippen LogP contribution in [-0.4, -0.2) is 53.2 Å². The number of nitrogens with one attached hydrogen (secondary N) is 1. The maximum atomic E-state index is 13.0. The van der Waals surface area contributed by atoms with E-state index in [1.165, 1.54) is 0 Å². The van der Waals surface area contributed by atoms with E-state index in [2.05, 4.69) is 15.5 Å². The summed E-state index contributed by atoms with van der Waals surface area (Å²) in [5, 5.41) is 7.27. The van der Waals surface area contributed by atoms with Gasteiger partial charge < -0.3 is 19.5 Å². The molecular weight excluding hydrogens is 384 g/mol. The van der Waals surface area contributed by atoms with Crippen molar-refractivity contribution in [1.82, 2.24) is 20.4 Å². The van der Waals surface area contributed by atoms with Gasteiger partial charge in [0.15, 0.2) is 11.9 Å². The Morgan fingerprint density at radius 1 is 1.36 bits per heavy atom. The first-order valence-electron chi connectivity index (χ1n) is 9.26. The maximum Gasteiger partial charge on any atom is 0.253 e. The highest BCUT2D eigenvalue weighted by molar-refractivity contribution is 6.31. The summed E-state index contributed by atoms with van der Waals surface area (Å²) in [7, 11) is 1.69. The van der Waals surface area contributed by atoms with Crippen LogP contribution in [0.4, 0.5) is 0 Å². The van der Waals surface area contributed by atoms with Crippen molar-refractivity contribution in [3.05, 3.63) is 46.6 Å². The van der Waals surface area contributed by atoms with E-state index < -0.39 is 12.1 Å². The molecule has 1 aliphatic carbocycles. The molecule has 1 aromatic carbocycles. The molecule has 148 valence electrons. The monoisotopic (exact) mass is 404 g/mol. The van der Waals surface area contributed by atoms with Crippen LogP contribution >= 0.6 is 11.6 Å². The third kappa shape index (κ3) is 4.02. The molecule has 2 heterocycles. The normalized spacial score (nSPS) is 22.0. The van der Waals surface area contributed by atoms with Crippen LogP contribution in [0.5, 0.6) is 0 Å². The van der Waals surface area contributed by atoms with Gasteiger partial charge in [-0.15, -0.1) is 0 Å². The molecule has 2 aliphatic rings. The van der Waals surface area contributed by atoms with Crippen molar-refractivity contribution < 1.29 is 18.8 Å². The van der Waals surface area contributed by atoms with Crippen molar-refractivity contribution in [2.75, 3.05) is 20.2 Å². The van der Waals surface area contributed by atoms with Crippen molar-refractivity contribution in [2.24, 2.45) is 0 Å². The predicted octanol–water partition coefficient (Wildman–Crippen LogP) is 1.86. The molecule has 2 aromatic rings. The van der Waals surface area contributed by atoms with Crippen molar-refractivity contribution in [1.29, 1.82) is 0 Å². The first-order chi connectivity index (χ1) is 13.5. The van der Waals surface area contributed by atoms with Gasteiger partial charge in [0, 0.05) is 31.0 Å². The van der Waals surface area contributed by atoms with Gasteiger partial charge in [0.1, 0.15) is 6.61 Å². The number of amides is 2. The van der Waals surface area contributed by atoms with E-state index in [1.54, 1.807) is 36.2 Å². The number of morpholine rings is 1. The van der Waals surface area contributed by atoms with Crippen molar-refractivity contribution in [3.63, 3.8) is 0 Å². The van der Waals surface area contributed by atoms with Crippen LogP contribution in [0, 0.1) is 0 Å². The minimum absolute atomic E-state index is 0.166. The van der Waals surface area contributed by atoms with Crippen molar-refractivity contribution >= 4 is 23.4 Å². The first-order valence-corrected chi connectivity index (χ1v) is 9.63. The van der Waals surface area contributed by atoms with Gasteiger partial charge in [-0.3, -0.25) is 9.59 Å². The molecule has 2 amide bonds. The second kappa shape index (κ2) is 7.89. The molecule has 1 saturated heterocycles. The number of hydrogen-bond donors (Lipinski definition) is 1. The number of likely N-dealkylation sites (N-methyl/N-ethyl adjacent to an activating group) is 1. The number of carbonyl (C=O) groups is 2. The highest BCUT2D eigenvalue weighted by atomic mass is 35.5. The van der Waals surface area contributed by atoms with Crippen LogP contribution < -0.4 is 5.32 Å². The largest absolute Gasteiger partial charge is 0.356 e. The van der Waals surface area contributed by atoms with Crippen LogP contribution in [0.25, 0.3) is 0 Å². The second-order valence-electron chi connectivity index (χ2n) is 7.13. The van der Waals surface area contributed by atoms with Gasteiger partial charge in [0.05, 0.1) is 6.04 Å². The fourth-order valence-electron chi connectivity index (χ4n) is 3.19. The zero-order chi connectivity index (χ0) is 19.7. The SMILES string of the molecule is CN(CCc1noc(C2CC2)n1)C(=O)[C@H]1OCC(=O)N[C@@H]1c1ccccc1Cl. The zero-order valence-corrected chi connectivity index (χ0v) is 16.2. The van der Waals surface area contributed by atoms with Gasteiger partial charge in [0.2, 0.25) is 11.8 Å². The average Bonchev–Trinajstić information content (AvgIpc) is 3.44. The molecule has 0 spiro atoms. The molecule has 0 radical (unpaired) electrons. The topological polar surface area (TPSA) is 97.6 Å². The van der Waals surface area contributed by atoms with E-state index >= 15 is 0 Å². The molecule has 0 unspecified atom stereocenters. The number of rotatable bonds is 6. The fourth-order valence-corrected chi connectivity index (χ4v) is 3.45. The average molecular weight is 405 g/mol. The van der Waals surface area contributed by atoms with E-state index in [1.807, 2.05) is 0 Å². The summed E-state index contributed by atoms with van der Waals surface area (Å²) in [6.45, 7) is 0.242. The second-order valence-corrected chi connectivity index (χ2v) is 7.54. The zero-order valence-electron chi connectivity index (χ0n) is 15.4. The van der Waals surface area contributed by atoms with Crippen molar-refractivity contribution in [3.8, 4) is 0 Å². The summed E-state index contributed by atoms with van der Waals surface area (Å²) in [5.74, 6) is 1.14. The van der Waals surface area contributed by atoms with Crippen LogP contribution in [0.2, 0.25) is 5.02 Å². The summed E-state index contributed by atoms with van der Waals surface area (Å²) < 4.78 is 10.8. The lowest BCUT2D eigenvalue weighted by atomic mass is 9.98. The Labute approximate surface area is 167 Å². The highest BCUT2D eigenvalue weighted by Gasteiger charge is 2.38. The molecule has 2 fully saturated rings. The summed E-state index contributed by atoms with van der Waals surface area (Å²) in [6, 6.07) is 6.45. The molecule has 9 heteroatoms. The summed E-state index contributed by atoms with van der Waals surface area (Å²) in [4.78, 5) is 30.8. The number of nitrogens with zero attached hydrogens (tertiary/aromatic N) is 3.